The number of rotatable bonds is 4. The van der Waals surface area contributed by atoms with Crippen LogP contribution in [0.1, 0.15) is 31.3 Å². The number of amides is 2. The Morgan fingerprint density at radius 1 is 0.875 bits per heavy atom. The Hall–Kier alpha value is -3.51. The average molecular weight is 443 g/mol. The molecule has 2 N–H and O–H groups in total. The first kappa shape index (κ1) is 21.7. The van der Waals surface area contributed by atoms with Gasteiger partial charge in [0.15, 0.2) is 0 Å². The first-order valence-electron chi connectivity index (χ1n) is 10.5. The van der Waals surface area contributed by atoms with Gasteiger partial charge in [-0.1, -0.05) is 45.0 Å². The highest BCUT2D eigenvalue weighted by Crippen LogP contribution is 2.41. The number of aromatic nitrogens is 2. The van der Waals surface area contributed by atoms with Crippen LogP contribution in [0.3, 0.4) is 0 Å². The predicted octanol–water partition coefficient (Wildman–Crippen LogP) is 7.12. The molecule has 4 aromatic rings. The molecule has 0 aliphatic carbocycles. The Morgan fingerprint density at radius 2 is 1.53 bits per heavy atom. The Bertz CT molecular complexity index is 1240. The molecule has 0 unspecified atom stereocenters. The minimum absolute atomic E-state index is 0.0613. The van der Waals surface area contributed by atoms with Crippen molar-refractivity contribution >= 4 is 28.7 Å². The van der Waals surface area contributed by atoms with E-state index >= 15 is 0 Å². The van der Waals surface area contributed by atoms with Crippen molar-refractivity contribution in [2.24, 2.45) is 0 Å². The summed E-state index contributed by atoms with van der Waals surface area (Å²) in [4.78, 5) is 22.7. The van der Waals surface area contributed by atoms with Gasteiger partial charge in [0.2, 0.25) is 0 Å². The molecule has 4 rings (SSSR count). The maximum Gasteiger partial charge on any atom is 0.323 e. The van der Waals surface area contributed by atoms with Gasteiger partial charge in [0.05, 0.1) is 15.6 Å². The van der Waals surface area contributed by atoms with Crippen LogP contribution >= 0.6 is 11.3 Å². The van der Waals surface area contributed by atoms with Crippen LogP contribution in [0.5, 0.6) is 0 Å². The van der Waals surface area contributed by atoms with E-state index in [1.165, 1.54) is 0 Å². The molecule has 32 heavy (non-hydrogen) atoms. The van der Waals surface area contributed by atoms with Gasteiger partial charge in [-0.25, -0.2) is 9.78 Å². The summed E-state index contributed by atoms with van der Waals surface area (Å²) in [7, 11) is 0. The third kappa shape index (κ3) is 5.03. The van der Waals surface area contributed by atoms with E-state index < -0.39 is 0 Å². The smallest absolute Gasteiger partial charge is 0.308 e. The van der Waals surface area contributed by atoms with Gasteiger partial charge >= 0.3 is 6.03 Å². The highest BCUT2D eigenvalue weighted by atomic mass is 32.1. The monoisotopic (exact) mass is 442 g/mol. The first-order chi connectivity index (χ1) is 15.3. The Kier molecular flexibility index (Phi) is 6.06. The fourth-order valence-corrected chi connectivity index (χ4v) is 4.44. The molecular weight excluding hydrogens is 416 g/mol. The number of pyridine rings is 1. The van der Waals surface area contributed by atoms with E-state index in [-0.39, 0.29) is 11.4 Å². The number of anilines is 2. The van der Waals surface area contributed by atoms with E-state index in [4.69, 9.17) is 4.98 Å². The van der Waals surface area contributed by atoms with Gasteiger partial charge in [0.25, 0.3) is 0 Å². The molecule has 0 bridgehead atoms. The van der Waals surface area contributed by atoms with Gasteiger partial charge in [-0.3, -0.25) is 4.98 Å². The number of benzene rings is 2. The molecule has 2 aromatic carbocycles. The third-order valence-electron chi connectivity index (χ3n) is 4.88. The molecule has 6 heteroatoms. The number of carbonyl (C=O) groups is 1. The van der Waals surface area contributed by atoms with E-state index in [9.17, 15) is 4.79 Å². The molecule has 0 radical (unpaired) electrons. The molecule has 0 saturated carbocycles. The second-order valence-electron chi connectivity index (χ2n) is 8.71. The lowest BCUT2D eigenvalue weighted by atomic mass is 9.98. The maximum absolute atomic E-state index is 12.5. The minimum Gasteiger partial charge on any atom is -0.308 e. The van der Waals surface area contributed by atoms with Gasteiger partial charge in [-0.05, 0) is 54.4 Å². The molecule has 2 aromatic heterocycles. The van der Waals surface area contributed by atoms with Crippen LogP contribution in [0.2, 0.25) is 0 Å². The Labute approximate surface area is 192 Å². The van der Waals surface area contributed by atoms with Crippen molar-refractivity contribution < 1.29 is 4.79 Å². The van der Waals surface area contributed by atoms with Crippen molar-refractivity contribution in [3.8, 4) is 21.7 Å². The molecule has 5 nitrogen and oxygen atoms in total. The molecule has 2 heterocycles. The van der Waals surface area contributed by atoms with Crippen molar-refractivity contribution in [2.75, 3.05) is 10.6 Å². The lowest BCUT2D eigenvalue weighted by Crippen LogP contribution is -2.19. The number of urea groups is 1. The van der Waals surface area contributed by atoms with Crippen molar-refractivity contribution in [1.29, 1.82) is 0 Å². The van der Waals surface area contributed by atoms with Gasteiger partial charge in [0, 0.05) is 34.7 Å². The molecular formula is C26H26N4OS. The summed E-state index contributed by atoms with van der Waals surface area (Å²) in [5.41, 5.74) is 5.48. The summed E-state index contributed by atoms with van der Waals surface area (Å²) >= 11 is 1.69. The van der Waals surface area contributed by atoms with E-state index in [0.717, 1.165) is 43.6 Å². The Morgan fingerprint density at radius 3 is 2.19 bits per heavy atom. The number of nitrogens with zero attached hydrogens (tertiary/aromatic N) is 2. The summed E-state index contributed by atoms with van der Waals surface area (Å²) in [5.74, 6) is 0. The normalized spacial score (nSPS) is 11.2. The van der Waals surface area contributed by atoms with Gasteiger partial charge in [0.1, 0.15) is 0 Å². The number of thiazole rings is 1. The SMILES string of the molecule is Cc1cccc(NC(=O)Nc2cccc(-c3sc(C(C)(C)C)nc3-c3ccncc3)c2)c1. The zero-order chi connectivity index (χ0) is 22.7. The van der Waals surface area contributed by atoms with E-state index in [1.807, 2.05) is 67.6 Å². The van der Waals surface area contributed by atoms with E-state index in [2.05, 4.69) is 36.4 Å². The van der Waals surface area contributed by atoms with Gasteiger partial charge in [-0.15, -0.1) is 11.3 Å². The van der Waals surface area contributed by atoms with Crippen LogP contribution in [-0.4, -0.2) is 16.0 Å². The van der Waals surface area contributed by atoms with Crippen LogP contribution < -0.4 is 10.6 Å². The van der Waals surface area contributed by atoms with E-state index in [1.54, 1.807) is 23.7 Å². The second-order valence-corrected chi connectivity index (χ2v) is 9.71. The fraction of sp³-hybridized carbons (Fsp3) is 0.192. The summed E-state index contributed by atoms with van der Waals surface area (Å²) < 4.78 is 0. The lowest BCUT2D eigenvalue weighted by Gasteiger charge is -2.13. The number of carbonyl (C=O) groups excluding carboxylic acids is 1. The number of hydrogen-bond acceptors (Lipinski definition) is 4. The summed E-state index contributed by atoms with van der Waals surface area (Å²) in [5, 5.41) is 6.89. The summed E-state index contributed by atoms with van der Waals surface area (Å²) in [6, 6.07) is 19.3. The second kappa shape index (κ2) is 8.93. The zero-order valence-electron chi connectivity index (χ0n) is 18.6. The molecule has 0 atom stereocenters. The van der Waals surface area contributed by atoms with Crippen LogP contribution in [0.15, 0.2) is 73.1 Å². The average Bonchev–Trinajstić information content (AvgIpc) is 3.21. The highest BCUT2D eigenvalue weighted by molar-refractivity contribution is 7.15. The van der Waals surface area contributed by atoms with Gasteiger partial charge < -0.3 is 10.6 Å². The van der Waals surface area contributed by atoms with Crippen LogP contribution in [0, 0.1) is 6.92 Å². The summed E-state index contributed by atoms with van der Waals surface area (Å²) in [6.45, 7) is 8.49. The molecule has 0 aliphatic rings. The summed E-state index contributed by atoms with van der Waals surface area (Å²) in [6.07, 6.45) is 3.56. The maximum atomic E-state index is 12.5. The van der Waals surface area contributed by atoms with Crippen molar-refractivity contribution in [3.05, 3.63) is 83.6 Å². The predicted molar refractivity (Wildman–Crippen MR) is 133 cm³/mol. The lowest BCUT2D eigenvalue weighted by molar-refractivity contribution is 0.262. The first-order valence-corrected chi connectivity index (χ1v) is 11.3. The number of hydrogen-bond donors (Lipinski definition) is 2. The molecule has 2 amide bonds. The molecule has 0 fully saturated rings. The standard InChI is InChI=1S/C26H26N4OS/c1-17-7-5-9-20(15-17)28-25(31)29-21-10-6-8-19(16-21)23-22(18-11-13-27-14-12-18)30-24(32-23)26(2,3)4/h5-16H,1-4H3,(H2,28,29,31). The molecule has 162 valence electrons. The van der Waals surface area contributed by atoms with E-state index in [0.29, 0.717) is 0 Å². The zero-order valence-corrected chi connectivity index (χ0v) is 19.5. The Balaban J connectivity index is 1.64. The van der Waals surface area contributed by atoms with Crippen LogP contribution in [0.25, 0.3) is 21.7 Å². The molecule has 0 saturated heterocycles. The minimum atomic E-state index is -0.276. The highest BCUT2D eigenvalue weighted by Gasteiger charge is 2.23. The fourth-order valence-electron chi connectivity index (χ4n) is 3.30. The third-order valence-corrected chi connectivity index (χ3v) is 6.41. The van der Waals surface area contributed by atoms with Gasteiger partial charge in [-0.2, -0.15) is 0 Å². The van der Waals surface area contributed by atoms with Crippen LogP contribution in [-0.2, 0) is 5.41 Å². The quantitative estimate of drug-likeness (QED) is 0.353. The number of aryl methyl sites for hydroxylation is 1. The largest absolute Gasteiger partial charge is 0.323 e. The number of nitrogens with one attached hydrogen (secondary N) is 2. The van der Waals surface area contributed by atoms with Crippen molar-refractivity contribution in [2.45, 2.75) is 33.1 Å². The van der Waals surface area contributed by atoms with Crippen LogP contribution in [0.4, 0.5) is 16.2 Å². The topological polar surface area (TPSA) is 66.9 Å². The molecule has 0 spiro atoms. The molecule has 0 aliphatic heterocycles. The van der Waals surface area contributed by atoms with Crippen molar-refractivity contribution in [3.63, 3.8) is 0 Å². The van der Waals surface area contributed by atoms with Crippen molar-refractivity contribution in [1.82, 2.24) is 9.97 Å².